The summed E-state index contributed by atoms with van der Waals surface area (Å²) in [6, 6.07) is 5.60. The van der Waals surface area contributed by atoms with Crippen molar-refractivity contribution in [2.45, 2.75) is 32.1 Å². The predicted octanol–water partition coefficient (Wildman–Crippen LogP) is 5.57. The zero-order valence-corrected chi connectivity index (χ0v) is 13.9. The number of methoxy groups -OCH3 is 1. The highest BCUT2D eigenvalue weighted by Crippen LogP contribution is 2.42. The number of Topliss-reactive ketones (excluding diaryl/α,β-unsaturated/α-hetero) is 1. The molecule has 0 atom stereocenters. The van der Waals surface area contributed by atoms with Crippen LogP contribution in [0.15, 0.2) is 40.8 Å². The minimum Gasteiger partial charge on any atom is -0.497 e. The van der Waals surface area contributed by atoms with Gasteiger partial charge in [0.25, 0.3) is 0 Å². The van der Waals surface area contributed by atoms with Gasteiger partial charge < -0.3 is 9.15 Å². The van der Waals surface area contributed by atoms with E-state index in [2.05, 4.69) is 6.58 Å². The first kappa shape index (κ1) is 15.9. The van der Waals surface area contributed by atoms with Crippen molar-refractivity contribution in [1.29, 1.82) is 0 Å². The SMILES string of the molecule is C=CCCC1=C(c2c(Cl)oc3ccc(OC)cc23)CCCC1=O. The lowest BCUT2D eigenvalue weighted by molar-refractivity contribution is -0.116. The number of ketones is 1. The minimum atomic E-state index is 0.210. The maximum atomic E-state index is 12.4. The van der Waals surface area contributed by atoms with Crippen LogP contribution >= 0.6 is 11.6 Å². The largest absolute Gasteiger partial charge is 0.497 e. The Labute approximate surface area is 140 Å². The Morgan fingerprint density at radius 2 is 2.22 bits per heavy atom. The average Bonchev–Trinajstić information content (AvgIpc) is 2.88. The van der Waals surface area contributed by atoms with Gasteiger partial charge in [-0.2, -0.15) is 0 Å². The summed E-state index contributed by atoms with van der Waals surface area (Å²) in [4.78, 5) is 12.4. The van der Waals surface area contributed by atoms with Gasteiger partial charge in [-0.3, -0.25) is 4.79 Å². The lowest BCUT2D eigenvalue weighted by atomic mass is 9.84. The highest BCUT2D eigenvalue weighted by atomic mass is 35.5. The Bertz CT molecular complexity index is 798. The number of furan rings is 1. The van der Waals surface area contributed by atoms with Gasteiger partial charge in [-0.1, -0.05) is 6.08 Å². The molecule has 1 aliphatic carbocycles. The Hall–Kier alpha value is -2.00. The van der Waals surface area contributed by atoms with Gasteiger partial charge >= 0.3 is 0 Å². The van der Waals surface area contributed by atoms with Crippen molar-refractivity contribution < 1.29 is 13.9 Å². The van der Waals surface area contributed by atoms with Crippen molar-refractivity contribution in [3.05, 3.63) is 47.2 Å². The van der Waals surface area contributed by atoms with Crippen molar-refractivity contribution in [3.8, 4) is 5.75 Å². The molecular formula is C19H19ClO3. The van der Waals surface area contributed by atoms with Gasteiger partial charge in [-0.15, -0.1) is 6.58 Å². The first-order valence-electron chi connectivity index (χ1n) is 7.78. The maximum Gasteiger partial charge on any atom is 0.202 e. The number of carbonyl (C=O) groups is 1. The molecule has 0 saturated carbocycles. The van der Waals surface area contributed by atoms with Gasteiger partial charge in [0.05, 0.1) is 7.11 Å². The molecule has 23 heavy (non-hydrogen) atoms. The second-order valence-electron chi connectivity index (χ2n) is 5.67. The summed E-state index contributed by atoms with van der Waals surface area (Å²) in [5.41, 5.74) is 3.43. The second-order valence-corrected chi connectivity index (χ2v) is 6.02. The molecule has 0 fully saturated rings. The number of allylic oxidation sites excluding steroid dienone is 3. The normalized spacial score (nSPS) is 15.3. The van der Waals surface area contributed by atoms with E-state index in [0.717, 1.165) is 47.1 Å². The second kappa shape index (κ2) is 6.63. The van der Waals surface area contributed by atoms with Crippen LogP contribution in [-0.2, 0) is 4.79 Å². The van der Waals surface area contributed by atoms with Crippen LogP contribution in [0.5, 0.6) is 5.75 Å². The van der Waals surface area contributed by atoms with Crippen molar-refractivity contribution in [3.63, 3.8) is 0 Å². The van der Waals surface area contributed by atoms with E-state index in [0.29, 0.717) is 23.6 Å². The van der Waals surface area contributed by atoms with E-state index in [9.17, 15) is 4.79 Å². The molecule has 2 aromatic rings. The van der Waals surface area contributed by atoms with Gasteiger partial charge in [0, 0.05) is 17.4 Å². The predicted molar refractivity (Wildman–Crippen MR) is 93.0 cm³/mol. The summed E-state index contributed by atoms with van der Waals surface area (Å²) >= 11 is 6.37. The number of hydrogen-bond donors (Lipinski definition) is 0. The number of carbonyl (C=O) groups excluding carboxylic acids is 1. The molecule has 0 saturated heterocycles. The van der Waals surface area contributed by atoms with Gasteiger partial charge in [0.1, 0.15) is 11.3 Å². The monoisotopic (exact) mass is 330 g/mol. The molecule has 1 aromatic heterocycles. The zero-order valence-electron chi connectivity index (χ0n) is 13.2. The Morgan fingerprint density at radius 3 is 2.96 bits per heavy atom. The maximum absolute atomic E-state index is 12.4. The fourth-order valence-electron chi connectivity index (χ4n) is 3.16. The Morgan fingerprint density at radius 1 is 1.39 bits per heavy atom. The van der Waals surface area contributed by atoms with Gasteiger partial charge in [0.15, 0.2) is 5.78 Å². The van der Waals surface area contributed by atoms with E-state index in [4.69, 9.17) is 20.8 Å². The number of benzene rings is 1. The Kier molecular flexibility index (Phi) is 4.58. The molecule has 0 radical (unpaired) electrons. The molecule has 1 aromatic carbocycles. The highest BCUT2D eigenvalue weighted by Gasteiger charge is 2.26. The number of ether oxygens (including phenoxy) is 1. The molecule has 1 aliphatic rings. The van der Waals surface area contributed by atoms with Gasteiger partial charge in [-0.25, -0.2) is 0 Å². The van der Waals surface area contributed by atoms with Crippen molar-refractivity contribution in [2.75, 3.05) is 7.11 Å². The van der Waals surface area contributed by atoms with Crippen LogP contribution in [0.4, 0.5) is 0 Å². The zero-order chi connectivity index (χ0) is 16.4. The van der Waals surface area contributed by atoms with Crippen molar-refractivity contribution in [1.82, 2.24) is 0 Å². The molecule has 0 unspecified atom stereocenters. The molecule has 0 bridgehead atoms. The van der Waals surface area contributed by atoms with E-state index in [1.807, 2.05) is 24.3 Å². The summed E-state index contributed by atoms with van der Waals surface area (Å²) in [5, 5.41) is 1.24. The quantitative estimate of drug-likeness (QED) is 0.673. The third-order valence-electron chi connectivity index (χ3n) is 4.28. The van der Waals surface area contributed by atoms with Crippen LogP contribution in [0, 0.1) is 0 Å². The first-order valence-corrected chi connectivity index (χ1v) is 8.16. The average molecular weight is 331 g/mol. The molecule has 4 heteroatoms. The Balaban J connectivity index is 2.21. The molecule has 0 spiro atoms. The van der Waals surface area contributed by atoms with E-state index in [1.54, 1.807) is 7.11 Å². The van der Waals surface area contributed by atoms with E-state index in [-0.39, 0.29) is 5.78 Å². The summed E-state index contributed by atoms with van der Waals surface area (Å²) in [6.07, 6.45) is 5.60. The van der Waals surface area contributed by atoms with E-state index >= 15 is 0 Å². The lowest BCUT2D eigenvalue weighted by Crippen LogP contribution is -2.11. The fraction of sp³-hybridized carbons (Fsp3) is 0.316. The number of halogens is 1. The summed E-state index contributed by atoms with van der Waals surface area (Å²) in [6.45, 7) is 3.75. The molecule has 120 valence electrons. The molecular weight excluding hydrogens is 312 g/mol. The summed E-state index contributed by atoms with van der Waals surface area (Å²) < 4.78 is 11.0. The minimum absolute atomic E-state index is 0.210. The van der Waals surface area contributed by atoms with Crippen molar-refractivity contribution in [2.24, 2.45) is 0 Å². The summed E-state index contributed by atoms with van der Waals surface area (Å²) in [5.74, 6) is 0.952. The van der Waals surface area contributed by atoms with Crippen LogP contribution in [0.1, 0.15) is 37.7 Å². The highest BCUT2D eigenvalue weighted by molar-refractivity contribution is 6.32. The third kappa shape index (κ3) is 2.93. The van der Waals surface area contributed by atoms with Crippen LogP contribution in [0.3, 0.4) is 0 Å². The van der Waals surface area contributed by atoms with E-state index in [1.165, 1.54) is 0 Å². The van der Waals surface area contributed by atoms with E-state index < -0.39 is 0 Å². The topological polar surface area (TPSA) is 39.4 Å². The van der Waals surface area contributed by atoms with Gasteiger partial charge in [-0.05, 0) is 66.6 Å². The number of fused-ring (bicyclic) bond motifs is 1. The lowest BCUT2D eigenvalue weighted by Gasteiger charge is -2.19. The smallest absolute Gasteiger partial charge is 0.202 e. The standard InChI is InChI=1S/C19H19ClO3/c1-3-4-6-13-14(7-5-8-16(13)21)18-15-11-12(22-2)9-10-17(15)23-19(18)20/h3,9-11H,1,4-8H2,2H3. The number of rotatable bonds is 5. The van der Waals surface area contributed by atoms with Crippen LogP contribution in [0.2, 0.25) is 5.22 Å². The molecule has 3 nitrogen and oxygen atoms in total. The molecule has 1 heterocycles. The van der Waals surface area contributed by atoms with Crippen LogP contribution in [0.25, 0.3) is 16.5 Å². The summed E-state index contributed by atoms with van der Waals surface area (Å²) in [7, 11) is 1.63. The van der Waals surface area contributed by atoms with Crippen molar-refractivity contribution >= 4 is 33.9 Å². The third-order valence-corrected chi connectivity index (χ3v) is 4.55. The first-order chi connectivity index (χ1) is 11.2. The fourth-order valence-corrected chi connectivity index (χ4v) is 3.46. The molecule has 3 rings (SSSR count). The molecule has 0 amide bonds. The molecule has 0 N–H and O–H groups in total. The molecule has 0 aliphatic heterocycles. The number of hydrogen-bond acceptors (Lipinski definition) is 3. The van der Waals surface area contributed by atoms with Gasteiger partial charge in [0.2, 0.25) is 5.22 Å². The van der Waals surface area contributed by atoms with Crippen LogP contribution < -0.4 is 4.74 Å². The van der Waals surface area contributed by atoms with Crippen LogP contribution in [-0.4, -0.2) is 12.9 Å².